The lowest BCUT2D eigenvalue weighted by Crippen LogP contribution is -2.29. The van der Waals surface area contributed by atoms with E-state index in [1.54, 1.807) is 0 Å². The number of unbranched alkanes of at least 4 members (excludes halogenated alkanes) is 1. The lowest BCUT2D eigenvalue weighted by molar-refractivity contribution is 0.316. The molecule has 0 aromatic heterocycles. The van der Waals surface area contributed by atoms with Gasteiger partial charge >= 0.3 is 0 Å². The van der Waals surface area contributed by atoms with Crippen LogP contribution in [0.1, 0.15) is 33.1 Å². The summed E-state index contributed by atoms with van der Waals surface area (Å²) in [6, 6.07) is 0.568. The van der Waals surface area contributed by atoms with Crippen LogP contribution in [-0.2, 0) is 0 Å². The molecule has 4 nitrogen and oxygen atoms in total. The van der Waals surface area contributed by atoms with E-state index in [9.17, 15) is 0 Å². The van der Waals surface area contributed by atoms with Gasteiger partial charge < -0.3 is 16.3 Å². The summed E-state index contributed by atoms with van der Waals surface area (Å²) in [5.74, 6) is 2.66. The smallest absolute Gasteiger partial charge is 0.139 e. The molecule has 0 rings (SSSR count). The highest BCUT2D eigenvalue weighted by Gasteiger charge is 2.00. The molecule has 0 bridgehead atoms. The van der Waals surface area contributed by atoms with Gasteiger partial charge in [0, 0.05) is 18.2 Å². The third-order valence-corrected chi connectivity index (χ3v) is 3.20. The minimum Gasteiger partial charge on any atom is -0.409 e. The molecule has 0 spiro atoms. The van der Waals surface area contributed by atoms with E-state index >= 15 is 0 Å². The molecule has 1 atom stereocenters. The molecule has 0 radical (unpaired) electrons. The number of thioether (sulfide) groups is 1. The quantitative estimate of drug-likeness (QED) is 0.186. The van der Waals surface area contributed by atoms with Crippen LogP contribution in [0, 0.1) is 0 Å². The van der Waals surface area contributed by atoms with Crippen LogP contribution < -0.4 is 11.1 Å². The van der Waals surface area contributed by atoms with E-state index in [0.29, 0.717) is 18.3 Å². The normalized spacial score (nSPS) is 14.1. The summed E-state index contributed by atoms with van der Waals surface area (Å²) in [4.78, 5) is 0. The number of amidine groups is 1. The van der Waals surface area contributed by atoms with Crippen molar-refractivity contribution in [1.82, 2.24) is 5.32 Å². The van der Waals surface area contributed by atoms with Crippen molar-refractivity contribution in [1.29, 1.82) is 0 Å². The molecular formula is C10H23N3OS. The lowest BCUT2D eigenvalue weighted by atomic mass is 10.2. The Morgan fingerprint density at radius 3 is 2.87 bits per heavy atom. The van der Waals surface area contributed by atoms with Gasteiger partial charge in [-0.1, -0.05) is 12.1 Å². The van der Waals surface area contributed by atoms with Crippen molar-refractivity contribution >= 4 is 17.6 Å². The largest absolute Gasteiger partial charge is 0.409 e. The zero-order valence-corrected chi connectivity index (χ0v) is 10.5. The maximum atomic E-state index is 8.32. The fourth-order valence-electron chi connectivity index (χ4n) is 1.18. The van der Waals surface area contributed by atoms with Crippen molar-refractivity contribution < 1.29 is 5.21 Å². The Morgan fingerprint density at radius 2 is 2.27 bits per heavy atom. The van der Waals surface area contributed by atoms with Crippen molar-refractivity contribution in [2.75, 3.05) is 18.1 Å². The second kappa shape index (κ2) is 10.1. The maximum absolute atomic E-state index is 8.32. The summed E-state index contributed by atoms with van der Waals surface area (Å²) in [7, 11) is 0. The first kappa shape index (κ1) is 14.6. The van der Waals surface area contributed by atoms with Crippen molar-refractivity contribution in [3.63, 3.8) is 0 Å². The third-order valence-electron chi connectivity index (χ3n) is 2.05. The molecule has 1 unspecified atom stereocenters. The summed E-state index contributed by atoms with van der Waals surface area (Å²) in [5.41, 5.74) is 5.36. The molecule has 0 saturated carbocycles. The van der Waals surface area contributed by atoms with Crippen LogP contribution in [0.4, 0.5) is 0 Å². The Morgan fingerprint density at radius 1 is 1.53 bits per heavy atom. The molecule has 15 heavy (non-hydrogen) atoms. The molecule has 0 saturated heterocycles. The molecule has 0 aliphatic rings. The van der Waals surface area contributed by atoms with Gasteiger partial charge in [-0.15, -0.1) is 0 Å². The minimum absolute atomic E-state index is 0.324. The Labute approximate surface area is 96.7 Å². The van der Waals surface area contributed by atoms with Gasteiger partial charge in [-0.3, -0.25) is 0 Å². The van der Waals surface area contributed by atoms with Gasteiger partial charge in [0.25, 0.3) is 0 Å². The molecular weight excluding hydrogens is 210 g/mol. The summed E-state index contributed by atoms with van der Waals surface area (Å²) >= 11 is 1.95. The molecule has 0 aliphatic heterocycles. The third kappa shape index (κ3) is 9.87. The van der Waals surface area contributed by atoms with Crippen LogP contribution in [-0.4, -0.2) is 35.1 Å². The predicted octanol–water partition coefficient (Wildman–Crippen LogP) is 1.63. The van der Waals surface area contributed by atoms with E-state index < -0.39 is 0 Å². The average molecular weight is 233 g/mol. The number of nitrogens with one attached hydrogen (secondary N) is 1. The number of hydrogen-bond donors (Lipinski definition) is 3. The first-order chi connectivity index (χ1) is 7.20. The van der Waals surface area contributed by atoms with Crippen LogP contribution in [0.25, 0.3) is 0 Å². The SMILES string of the molecule is CCSCC(C)NCCCCC(N)=NO. The summed E-state index contributed by atoms with van der Waals surface area (Å²) in [6.07, 6.45) is 2.71. The van der Waals surface area contributed by atoms with E-state index in [4.69, 9.17) is 10.9 Å². The van der Waals surface area contributed by atoms with Crippen LogP contribution in [0.2, 0.25) is 0 Å². The topological polar surface area (TPSA) is 70.6 Å². The molecule has 0 fully saturated rings. The number of rotatable bonds is 9. The minimum atomic E-state index is 0.324. The molecule has 0 aliphatic carbocycles. The van der Waals surface area contributed by atoms with Gasteiger partial charge in [0.05, 0.1) is 0 Å². The lowest BCUT2D eigenvalue weighted by Gasteiger charge is -2.12. The standard InChI is InChI=1S/C10H23N3OS/c1-3-15-8-9(2)12-7-5-4-6-10(11)13-14/h9,12,14H,3-8H2,1-2H3,(H2,11,13). The number of nitrogens with two attached hydrogens (primary N) is 1. The fraction of sp³-hybridized carbons (Fsp3) is 0.900. The molecule has 0 amide bonds. The van der Waals surface area contributed by atoms with Crippen LogP contribution in [0.5, 0.6) is 0 Å². The van der Waals surface area contributed by atoms with Crippen molar-refractivity contribution in [2.45, 2.75) is 39.2 Å². The Balaban J connectivity index is 3.23. The Bertz CT molecular complexity index is 176. The van der Waals surface area contributed by atoms with Crippen molar-refractivity contribution in [3.8, 4) is 0 Å². The van der Waals surface area contributed by atoms with Gasteiger partial charge in [-0.25, -0.2) is 0 Å². The van der Waals surface area contributed by atoms with Crippen LogP contribution in [0.15, 0.2) is 5.16 Å². The van der Waals surface area contributed by atoms with Gasteiger partial charge in [0.15, 0.2) is 0 Å². The first-order valence-electron chi connectivity index (χ1n) is 5.48. The van der Waals surface area contributed by atoms with E-state index in [1.165, 1.54) is 5.75 Å². The number of hydrogen-bond acceptors (Lipinski definition) is 4. The van der Waals surface area contributed by atoms with E-state index in [2.05, 4.69) is 24.3 Å². The van der Waals surface area contributed by atoms with Crippen molar-refractivity contribution in [3.05, 3.63) is 0 Å². The van der Waals surface area contributed by atoms with E-state index in [0.717, 1.165) is 25.1 Å². The average Bonchev–Trinajstić information content (AvgIpc) is 2.25. The second-order valence-corrected chi connectivity index (χ2v) is 4.88. The molecule has 0 heterocycles. The Kier molecular flexibility index (Phi) is 9.83. The predicted molar refractivity (Wildman–Crippen MR) is 67.7 cm³/mol. The number of nitrogens with zero attached hydrogens (tertiary/aromatic N) is 1. The zero-order valence-electron chi connectivity index (χ0n) is 9.70. The molecule has 5 heteroatoms. The maximum Gasteiger partial charge on any atom is 0.139 e. The molecule has 0 aromatic rings. The number of oxime groups is 1. The van der Waals surface area contributed by atoms with E-state index in [1.807, 2.05) is 11.8 Å². The van der Waals surface area contributed by atoms with Gasteiger partial charge in [0.2, 0.25) is 0 Å². The van der Waals surface area contributed by atoms with Crippen LogP contribution in [0.3, 0.4) is 0 Å². The fourth-order valence-corrected chi connectivity index (χ4v) is 1.89. The molecule has 4 N–H and O–H groups in total. The highest BCUT2D eigenvalue weighted by atomic mass is 32.2. The van der Waals surface area contributed by atoms with Gasteiger partial charge in [-0.05, 0) is 32.1 Å². The van der Waals surface area contributed by atoms with E-state index in [-0.39, 0.29) is 0 Å². The highest BCUT2D eigenvalue weighted by Crippen LogP contribution is 2.01. The van der Waals surface area contributed by atoms with Crippen molar-refractivity contribution in [2.24, 2.45) is 10.9 Å². The summed E-state index contributed by atoms with van der Waals surface area (Å²) in [5, 5.41) is 14.7. The van der Waals surface area contributed by atoms with Crippen LogP contribution >= 0.6 is 11.8 Å². The van der Waals surface area contributed by atoms with Gasteiger partial charge in [0.1, 0.15) is 5.84 Å². The highest BCUT2D eigenvalue weighted by molar-refractivity contribution is 7.99. The monoisotopic (exact) mass is 233 g/mol. The molecule has 0 aromatic carbocycles. The summed E-state index contributed by atoms with van der Waals surface area (Å²) in [6.45, 7) is 5.38. The second-order valence-electron chi connectivity index (χ2n) is 3.56. The zero-order chi connectivity index (χ0) is 11.5. The molecule has 90 valence electrons. The summed E-state index contributed by atoms with van der Waals surface area (Å²) < 4.78 is 0. The van der Waals surface area contributed by atoms with Gasteiger partial charge in [-0.2, -0.15) is 11.8 Å². The first-order valence-corrected chi connectivity index (χ1v) is 6.63. The Hall–Kier alpha value is -0.420.